The minimum absolute atomic E-state index is 0.641. The van der Waals surface area contributed by atoms with Crippen LogP contribution < -0.4 is 4.74 Å². The summed E-state index contributed by atoms with van der Waals surface area (Å²) in [5, 5.41) is 0.662. The monoisotopic (exact) mass is 185 g/mol. The van der Waals surface area contributed by atoms with Gasteiger partial charge in [0.1, 0.15) is 0 Å². The molecule has 0 unspecified atom stereocenters. The lowest BCUT2D eigenvalue weighted by Gasteiger charge is -2.06. The van der Waals surface area contributed by atoms with Crippen molar-refractivity contribution in [2.75, 3.05) is 6.61 Å². The maximum absolute atomic E-state index is 5.78. The summed E-state index contributed by atoms with van der Waals surface area (Å²) in [5.74, 6) is 0.699. The van der Waals surface area contributed by atoms with E-state index in [1.165, 1.54) is 0 Å². The van der Waals surface area contributed by atoms with Gasteiger partial charge in [-0.3, -0.25) is 0 Å². The van der Waals surface area contributed by atoms with E-state index in [-0.39, 0.29) is 0 Å². The number of aryl methyl sites for hydroxylation is 1. The summed E-state index contributed by atoms with van der Waals surface area (Å²) < 4.78 is 5.31. The van der Waals surface area contributed by atoms with E-state index in [2.05, 4.69) is 11.9 Å². The first-order valence-corrected chi connectivity index (χ1v) is 4.43. The lowest BCUT2D eigenvalue weighted by atomic mass is 10.2. The zero-order valence-corrected chi connectivity index (χ0v) is 8.06. The summed E-state index contributed by atoms with van der Waals surface area (Å²) in [6, 6.07) is 1.89. The number of hydrogen-bond donors (Lipinski definition) is 0. The molecule has 66 valence electrons. The standard InChI is InChI=1S/C9H12ClNO/c1-3-7-5-8(10)6-11-9(7)12-4-2/h5-6H,3-4H2,1-2H3. The molecule has 0 radical (unpaired) electrons. The van der Waals surface area contributed by atoms with Crippen molar-refractivity contribution in [2.45, 2.75) is 20.3 Å². The molecule has 0 bridgehead atoms. The SMILES string of the molecule is CCOc1ncc(Cl)cc1CC. The maximum Gasteiger partial charge on any atom is 0.216 e. The molecular weight excluding hydrogens is 174 g/mol. The number of rotatable bonds is 3. The van der Waals surface area contributed by atoms with E-state index in [1.54, 1.807) is 6.20 Å². The van der Waals surface area contributed by atoms with E-state index in [4.69, 9.17) is 16.3 Å². The summed E-state index contributed by atoms with van der Waals surface area (Å²) in [6.07, 6.45) is 2.49. The Hall–Kier alpha value is -0.760. The molecule has 0 aliphatic rings. The third-order valence-corrected chi connectivity index (χ3v) is 1.76. The average Bonchev–Trinajstić information content (AvgIpc) is 2.08. The molecule has 1 aromatic heterocycles. The Morgan fingerprint density at radius 1 is 1.50 bits per heavy atom. The van der Waals surface area contributed by atoms with Crippen molar-refractivity contribution in [1.29, 1.82) is 0 Å². The van der Waals surface area contributed by atoms with Crippen molar-refractivity contribution in [2.24, 2.45) is 0 Å². The van der Waals surface area contributed by atoms with Crippen molar-refractivity contribution in [3.8, 4) is 5.88 Å². The van der Waals surface area contributed by atoms with Crippen molar-refractivity contribution in [1.82, 2.24) is 4.98 Å². The Bertz CT molecular complexity index is 263. The van der Waals surface area contributed by atoms with Gasteiger partial charge in [0.25, 0.3) is 0 Å². The molecule has 0 spiro atoms. The molecule has 0 saturated carbocycles. The molecule has 1 aromatic rings. The molecule has 0 N–H and O–H groups in total. The number of hydrogen-bond acceptors (Lipinski definition) is 2. The van der Waals surface area contributed by atoms with E-state index in [9.17, 15) is 0 Å². The Morgan fingerprint density at radius 3 is 2.83 bits per heavy atom. The zero-order chi connectivity index (χ0) is 8.97. The van der Waals surface area contributed by atoms with E-state index < -0.39 is 0 Å². The van der Waals surface area contributed by atoms with Crippen molar-refractivity contribution < 1.29 is 4.74 Å². The third kappa shape index (κ3) is 2.11. The highest BCUT2D eigenvalue weighted by molar-refractivity contribution is 6.30. The second-order valence-corrected chi connectivity index (χ2v) is 2.84. The Kier molecular flexibility index (Phi) is 3.35. The minimum Gasteiger partial charge on any atom is -0.478 e. The molecule has 0 fully saturated rings. The highest BCUT2D eigenvalue weighted by atomic mass is 35.5. The van der Waals surface area contributed by atoms with Crippen LogP contribution in [-0.2, 0) is 6.42 Å². The second kappa shape index (κ2) is 4.31. The number of nitrogens with zero attached hydrogens (tertiary/aromatic N) is 1. The van der Waals surface area contributed by atoms with Crippen LogP contribution in [0.1, 0.15) is 19.4 Å². The van der Waals surface area contributed by atoms with Crippen LogP contribution in [0.2, 0.25) is 5.02 Å². The fraction of sp³-hybridized carbons (Fsp3) is 0.444. The Balaban J connectivity index is 2.94. The van der Waals surface area contributed by atoms with E-state index in [0.717, 1.165) is 12.0 Å². The summed E-state index contributed by atoms with van der Waals surface area (Å²) in [7, 11) is 0. The van der Waals surface area contributed by atoms with Crippen LogP contribution in [0, 0.1) is 0 Å². The molecule has 0 aliphatic heterocycles. The van der Waals surface area contributed by atoms with E-state index in [0.29, 0.717) is 17.5 Å². The van der Waals surface area contributed by atoms with Crippen molar-refractivity contribution >= 4 is 11.6 Å². The number of ether oxygens (including phenoxy) is 1. The van der Waals surface area contributed by atoms with Crippen LogP contribution in [0.3, 0.4) is 0 Å². The van der Waals surface area contributed by atoms with Crippen molar-refractivity contribution in [3.63, 3.8) is 0 Å². The molecule has 0 amide bonds. The first-order chi connectivity index (χ1) is 5.77. The summed E-state index contributed by atoms with van der Waals surface area (Å²) >= 11 is 5.78. The third-order valence-electron chi connectivity index (χ3n) is 1.55. The van der Waals surface area contributed by atoms with Gasteiger partial charge < -0.3 is 4.74 Å². The molecule has 12 heavy (non-hydrogen) atoms. The highest BCUT2D eigenvalue weighted by Crippen LogP contribution is 2.19. The van der Waals surface area contributed by atoms with Gasteiger partial charge in [-0.15, -0.1) is 0 Å². The second-order valence-electron chi connectivity index (χ2n) is 2.40. The fourth-order valence-electron chi connectivity index (χ4n) is 0.989. The molecule has 1 rings (SSSR count). The quantitative estimate of drug-likeness (QED) is 0.723. The van der Waals surface area contributed by atoms with Gasteiger partial charge in [-0.05, 0) is 19.4 Å². The Morgan fingerprint density at radius 2 is 2.25 bits per heavy atom. The largest absolute Gasteiger partial charge is 0.478 e. The highest BCUT2D eigenvalue weighted by Gasteiger charge is 2.02. The molecule has 3 heteroatoms. The maximum atomic E-state index is 5.78. The van der Waals surface area contributed by atoms with Gasteiger partial charge in [-0.1, -0.05) is 18.5 Å². The minimum atomic E-state index is 0.641. The molecule has 1 heterocycles. The van der Waals surface area contributed by atoms with Crippen LogP contribution in [0.5, 0.6) is 5.88 Å². The van der Waals surface area contributed by atoms with Gasteiger partial charge in [-0.25, -0.2) is 4.98 Å². The number of aromatic nitrogens is 1. The normalized spacial score (nSPS) is 9.92. The molecule has 0 atom stereocenters. The molecule has 0 aliphatic carbocycles. The summed E-state index contributed by atoms with van der Waals surface area (Å²) in [6.45, 7) is 4.63. The van der Waals surface area contributed by atoms with Gasteiger partial charge in [0.15, 0.2) is 0 Å². The smallest absolute Gasteiger partial charge is 0.216 e. The van der Waals surface area contributed by atoms with Crippen molar-refractivity contribution in [3.05, 3.63) is 22.8 Å². The van der Waals surface area contributed by atoms with E-state index >= 15 is 0 Å². The molecular formula is C9H12ClNO. The lowest BCUT2D eigenvalue weighted by Crippen LogP contribution is -1.98. The van der Waals surface area contributed by atoms with Gasteiger partial charge in [0, 0.05) is 11.8 Å². The van der Waals surface area contributed by atoms with Crippen LogP contribution in [0.15, 0.2) is 12.3 Å². The number of pyridine rings is 1. The first kappa shape index (κ1) is 9.33. The Labute approximate surface area is 77.5 Å². The predicted molar refractivity (Wildman–Crippen MR) is 49.8 cm³/mol. The van der Waals surface area contributed by atoms with Crippen LogP contribution in [-0.4, -0.2) is 11.6 Å². The molecule has 0 aromatic carbocycles. The van der Waals surface area contributed by atoms with Gasteiger partial charge in [0.05, 0.1) is 11.6 Å². The van der Waals surface area contributed by atoms with Gasteiger partial charge in [0.2, 0.25) is 5.88 Å². The average molecular weight is 186 g/mol. The lowest BCUT2D eigenvalue weighted by molar-refractivity contribution is 0.323. The molecule has 2 nitrogen and oxygen atoms in total. The van der Waals surface area contributed by atoms with Gasteiger partial charge >= 0.3 is 0 Å². The predicted octanol–water partition coefficient (Wildman–Crippen LogP) is 2.70. The van der Waals surface area contributed by atoms with Gasteiger partial charge in [-0.2, -0.15) is 0 Å². The fourth-order valence-corrected chi connectivity index (χ4v) is 1.17. The summed E-state index contributed by atoms with van der Waals surface area (Å²) in [5.41, 5.74) is 1.06. The van der Waals surface area contributed by atoms with Crippen LogP contribution in [0.4, 0.5) is 0 Å². The zero-order valence-electron chi connectivity index (χ0n) is 7.30. The summed E-state index contributed by atoms with van der Waals surface area (Å²) in [4.78, 5) is 4.08. The van der Waals surface area contributed by atoms with Crippen LogP contribution >= 0.6 is 11.6 Å². The van der Waals surface area contributed by atoms with Crippen LogP contribution in [0.25, 0.3) is 0 Å². The van der Waals surface area contributed by atoms with E-state index in [1.807, 2.05) is 13.0 Å². The molecule has 0 saturated heterocycles. The first-order valence-electron chi connectivity index (χ1n) is 4.05. The number of halogens is 1. The topological polar surface area (TPSA) is 22.1 Å².